The molecule has 0 amide bonds. The maximum absolute atomic E-state index is 12.0. The van der Waals surface area contributed by atoms with Gasteiger partial charge in [0.15, 0.2) is 0 Å². The van der Waals surface area contributed by atoms with Crippen molar-refractivity contribution >= 4 is 11.9 Å². The minimum absolute atomic E-state index is 0.392. The first-order valence-corrected chi connectivity index (χ1v) is 7.00. The summed E-state index contributed by atoms with van der Waals surface area (Å²) in [5.41, 5.74) is 10.5. The van der Waals surface area contributed by atoms with Crippen molar-refractivity contribution < 1.29 is 19.8 Å². The SMILES string of the molecule is NC(c1ccccc1)C(C(=O)O)(C(=O)O)C(N)c1ccccc1. The Bertz CT molecular complexity index is 627. The highest BCUT2D eigenvalue weighted by Crippen LogP contribution is 2.42. The van der Waals surface area contributed by atoms with Crippen LogP contribution in [0.4, 0.5) is 0 Å². The van der Waals surface area contributed by atoms with Gasteiger partial charge in [-0.3, -0.25) is 9.59 Å². The Hall–Kier alpha value is -2.70. The second-order valence-corrected chi connectivity index (χ2v) is 5.26. The number of hydrogen-bond donors (Lipinski definition) is 4. The maximum atomic E-state index is 12.0. The van der Waals surface area contributed by atoms with Crippen LogP contribution in [0, 0.1) is 5.41 Å². The van der Waals surface area contributed by atoms with E-state index in [-0.39, 0.29) is 0 Å². The van der Waals surface area contributed by atoms with Gasteiger partial charge in [0.2, 0.25) is 5.41 Å². The molecule has 2 aromatic rings. The molecule has 0 heterocycles. The molecule has 2 aromatic carbocycles. The van der Waals surface area contributed by atoms with Crippen molar-refractivity contribution in [1.29, 1.82) is 0 Å². The number of nitrogens with two attached hydrogens (primary N) is 2. The molecule has 120 valence electrons. The summed E-state index contributed by atoms with van der Waals surface area (Å²) in [6, 6.07) is 13.8. The summed E-state index contributed by atoms with van der Waals surface area (Å²) in [6.45, 7) is 0. The van der Waals surface area contributed by atoms with Crippen molar-refractivity contribution in [3.05, 3.63) is 71.8 Å². The summed E-state index contributed by atoms with van der Waals surface area (Å²) in [5, 5.41) is 19.4. The summed E-state index contributed by atoms with van der Waals surface area (Å²) in [6.07, 6.45) is 0. The molecule has 2 rings (SSSR count). The zero-order valence-corrected chi connectivity index (χ0v) is 12.3. The molecule has 23 heavy (non-hydrogen) atoms. The van der Waals surface area contributed by atoms with Crippen molar-refractivity contribution in [3.63, 3.8) is 0 Å². The third-order valence-electron chi connectivity index (χ3n) is 4.01. The van der Waals surface area contributed by atoms with E-state index in [4.69, 9.17) is 11.5 Å². The van der Waals surface area contributed by atoms with Gasteiger partial charge in [-0.1, -0.05) is 60.7 Å². The van der Waals surface area contributed by atoms with Gasteiger partial charge in [-0.25, -0.2) is 0 Å². The second-order valence-electron chi connectivity index (χ2n) is 5.26. The van der Waals surface area contributed by atoms with Gasteiger partial charge in [-0.2, -0.15) is 0 Å². The van der Waals surface area contributed by atoms with E-state index in [1.165, 1.54) is 0 Å². The van der Waals surface area contributed by atoms with Gasteiger partial charge in [0.25, 0.3) is 0 Å². The summed E-state index contributed by atoms with van der Waals surface area (Å²) in [5.74, 6) is -3.14. The van der Waals surface area contributed by atoms with Crippen LogP contribution in [0.3, 0.4) is 0 Å². The van der Waals surface area contributed by atoms with Crippen LogP contribution in [0.15, 0.2) is 60.7 Å². The average molecular weight is 314 g/mol. The molecule has 0 fully saturated rings. The summed E-state index contributed by atoms with van der Waals surface area (Å²) < 4.78 is 0. The molecule has 0 aromatic heterocycles. The van der Waals surface area contributed by atoms with Crippen molar-refractivity contribution in [2.45, 2.75) is 12.1 Å². The largest absolute Gasteiger partial charge is 0.480 e. The van der Waals surface area contributed by atoms with Crippen molar-refractivity contribution in [3.8, 4) is 0 Å². The van der Waals surface area contributed by atoms with Crippen LogP contribution in [0.5, 0.6) is 0 Å². The first-order valence-electron chi connectivity index (χ1n) is 7.00. The lowest BCUT2D eigenvalue weighted by molar-refractivity contribution is -0.169. The topological polar surface area (TPSA) is 127 Å². The van der Waals surface area contributed by atoms with Crippen molar-refractivity contribution in [2.75, 3.05) is 0 Å². The molecule has 0 aliphatic carbocycles. The minimum Gasteiger partial charge on any atom is -0.480 e. The maximum Gasteiger partial charge on any atom is 0.325 e. The molecule has 0 aliphatic rings. The Balaban J connectivity index is 2.61. The standard InChI is InChI=1S/C17H18N2O4/c18-13(11-7-3-1-4-8-11)17(15(20)21,16(22)23)14(19)12-9-5-2-6-10-12/h1-10,13-14H,18-19H2,(H,20,21)(H,22,23). The number of carbonyl (C=O) groups is 2. The lowest BCUT2D eigenvalue weighted by atomic mass is 9.69. The Labute approximate surface area is 133 Å². The van der Waals surface area contributed by atoms with E-state index in [9.17, 15) is 19.8 Å². The Morgan fingerprint density at radius 2 is 1.04 bits per heavy atom. The molecule has 0 saturated carbocycles. The van der Waals surface area contributed by atoms with Gasteiger partial charge < -0.3 is 21.7 Å². The summed E-state index contributed by atoms with van der Waals surface area (Å²) in [4.78, 5) is 23.9. The molecular weight excluding hydrogens is 296 g/mol. The van der Waals surface area contributed by atoms with Crippen LogP contribution < -0.4 is 11.5 Å². The predicted molar refractivity (Wildman–Crippen MR) is 84.4 cm³/mol. The molecule has 0 saturated heterocycles. The molecule has 6 heteroatoms. The number of rotatable bonds is 6. The molecule has 0 bridgehead atoms. The first kappa shape index (κ1) is 16.7. The smallest absolute Gasteiger partial charge is 0.325 e. The molecule has 0 aliphatic heterocycles. The fraction of sp³-hybridized carbons (Fsp3) is 0.176. The van der Waals surface area contributed by atoms with Crippen molar-refractivity contribution in [1.82, 2.24) is 0 Å². The first-order chi connectivity index (χ1) is 10.9. The summed E-state index contributed by atoms with van der Waals surface area (Å²) >= 11 is 0. The van der Waals surface area contributed by atoms with Gasteiger partial charge in [0.05, 0.1) is 12.1 Å². The fourth-order valence-corrected chi connectivity index (χ4v) is 2.66. The molecule has 2 atom stereocenters. The van der Waals surface area contributed by atoms with Crippen LogP contribution in [-0.4, -0.2) is 22.2 Å². The third-order valence-corrected chi connectivity index (χ3v) is 4.01. The molecule has 2 unspecified atom stereocenters. The monoisotopic (exact) mass is 314 g/mol. The number of benzene rings is 2. The highest BCUT2D eigenvalue weighted by Gasteiger charge is 2.57. The lowest BCUT2D eigenvalue weighted by Crippen LogP contribution is -2.54. The van der Waals surface area contributed by atoms with E-state index in [1.807, 2.05) is 0 Å². The highest BCUT2D eigenvalue weighted by atomic mass is 16.4. The zero-order chi connectivity index (χ0) is 17.0. The lowest BCUT2D eigenvalue weighted by Gasteiger charge is -2.36. The summed E-state index contributed by atoms with van der Waals surface area (Å²) in [7, 11) is 0. The Morgan fingerprint density at radius 3 is 1.30 bits per heavy atom. The van der Waals surface area contributed by atoms with E-state index >= 15 is 0 Å². The predicted octanol–water partition coefficient (Wildman–Crippen LogP) is 1.54. The van der Waals surface area contributed by atoms with E-state index in [0.29, 0.717) is 11.1 Å². The minimum atomic E-state index is -2.39. The number of carboxylic acids is 2. The van der Waals surface area contributed by atoms with E-state index in [0.717, 1.165) is 0 Å². The molecule has 6 N–H and O–H groups in total. The normalized spacial score (nSPS) is 14.0. The third kappa shape index (κ3) is 2.81. The quantitative estimate of drug-likeness (QED) is 0.599. The van der Waals surface area contributed by atoms with Crippen LogP contribution in [0.25, 0.3) is 0 Å². The molecule has 0 spiro atoms. The van der Waals surface area contributed by atoms with Gasteiger partial charge in [0, 0.05) is 0 Å². The van der Waals surface area contributed by atoms with Crippen LogP contribution in [0.2, 0.25) is 0 Å². The molecular formula is C17H18N2O4. The average Bonchev–Trinajstić information content (AvgIpc) is 2.56. The number of hydrogen-bond acceptors (Lipinski definition) is 4. The van der Waals surface area contributed by atoms with Gasteiger partial charge >= 0.3 is 11.9 Å². The molecule has 0 radical (unpaired) electrons. The van der Waals surface area contributed by atoms with Gasteiger partial charge in [0.1, 0.15) is 0 Å². The zero-order valence-electron chi connectivity index (χ0n) is 12.3. The number of carboxylic acid groups (broad SMARTS) is 2. The van der Waals surface area contributed by atoms with Crippen molar-refractivity contribution in [2.24, 2.45) is 16.9 Å². The Morgan fingerprint density at radius 1 is 0.739 bits per heavy atom. The number of aliphatic carboxylic acids is 2. The van der Waals surface area contributed by atoms with E-state index in [2.05, 4.69) is 0 Å². The second kappa shape index (κ2) is 6.60. The van der Waals surface area contributed by atoms with Crippen LogP contribution in [-0.2, 0) is 9.59 Å². The molecule has 6 nitrogen and oxygen atoms in total. The van der Waals surface area contributed by atoms with Crippen LogP contribution >= 0.6 is 0 Å². The highest BCUT2D eigenvalue weighted by molar-refractivity contribution is 6.00. The van der Waals surface area contributed by atoms with E-state index in [1.54, 1.807) is 60.7 Å². The van der Waals surface area contributed by atoms with E-state index < -0.39 is 29.4 Å². The fourth-order valence-electron chi connectivity index (χ4n) is 2.66. The van der Waals surface area contributed by atoms with Crippen LogP contribution in [0.1, 0.15) is 23.2 Å². The Kier molecular flexibility index (Phi) is 4.78. The van der Waals surface area contributed by atoms with Gasteiger partial charge in [-0.05, 0) is 11.1 Å². The van der Waals surface area contributed by atoms with Gasteiger partial charge in [-0.15, -0.1) is 0 Å².